The predicted molar refractivity (Wildman–Crippen MR) is 228 cm³/mol. The molecule has 11 rings (SSSR count). The molecule has 5 heteroatoms. The van der Waals surface area contributed by atoms with E-state index in [0.717, 1.165) is 68.2 Å². The molecule has 1 fully saturated rings. The molecule has 0 unspecified atom stereocenters. The second-order valence-electron chi connectivity index (χ2n) is 15.4. The molecule has 7 aromatic carbocycles. The molecule has 1 saturated carbocycles. The van der Waals surface area contributed by atoms with Crippen LogP contribution in [0.3, 0.4) is 0 Å². The number of para-hydroxylation sites is 1. The van der Waals surface area contributed by atoms with Gasteiger partial charge in [0.15, 0.2) is 17.5 Å². The van der Waals surface area contributed by atoms with E-state index in [1.54, 1.807) is 0 Å². The maximum Gasteiger partial charge on any atom is 0.164 e. The fourth-order valence-electron chi connectivity index (χ4n) is 9.43. The van der Waals surface area contributed by atoms with E-state index < -0.39 is 0 Å². The summed E-state index contributed by atoms with van der Waals surface area (Å²) in [5, 5.41) is 11.8. The van der Waals surface area contributed by atoms with Gasteiger partial charge in [0.05, 0.1) is 11.6 Å². The molecule has 5 nitrogen and oxygen atoms in total. The first-order chi connectivity index (χ1) is 28.1. The Labute approximate surface area is 331 Å². The van der Waals surface area contributed by atoms with Gasteiger partial charge in [-0.2, -0.15) is 5.26 Å². The summed E-state index contributed by atoms with van der Waals surface area (Å²) < 4.78 is 6.22. The number of rotatable bonds is 5. The van der Waals surface area contributed by atoms with Crippen LogP contribution in [0.1, 0.15) is 48.8 Å². The summed E-state index contributed by atoms with van der Waals surface area (Å²) in [6.07, 6.45) is 5.95. The molecule has 0 bridgehead atoms. The highest BCUT2D eigenvalue weighted by Gasteiger charge is 2.44. The first kappa shape index (κ1) is 33.2. The molecule has 2 aromatic heterocycles. The van der Waals surface area contributed by atoms with Gasteiger partial charge in [-0.15, -0.1) is 0 Å². The highest BCUT2D eigenvalue weighted by Crippen LogP contribution is 2.56. The third-order valence-corrected chi connectivity index (χ3v) is 12.2. The van der Waals surface area contributed by atoms with Gasteiger partial charge in [-0.05, 0) is 93.7 Å². The minimum atomic E-state index is -0.0205. The Bertz CT molecular complexity index is 3060. The predicted octanol–water partition coefficient (Wildman–Crippen LogP) is 13.2. The standard InChI is InChI=1S/C52H36N4O/c53-32-33-19-25-40-41-26-24-39(31-45(41)52(44(40)29-33)27-7-2-8-28-52)38-14-9-13-37(30-38)34-20-22-36(23-21-34)50-54-49(35-11-3-1-4-12-35)55-51(56-50)43-16-10-18-47-48(43)42-15-5-6-17-46(42)57-47/h1,3-6,9-26,29-31H,2,7-8,27-28H2. The lowest BCUT2D eigenvalue weighted by Gasteiger charge is -2.36. The lowest BCUT2D eigenvalue weighted by atomic mass is 9.67. The van der Waals surface area contributed by atoms with Crippen LogP contribution in [0.15, 0.2) is 162 Å². The van der Waals surface area contributed by atoms with E-state index in [9.17, 15) is 5.26 Å². The molecule has 0 atom stereocenters. The fourth-order valence-corrected chi connectivity index (χ4v) is 9.43. The van der Waals surface area contributed by atoms with E-state index in [2.05, 4.69) is 97.1 Å². The number of hydrogen-bond acceptors (Lipinski definition) is 5. The van der Waals surface area contributed by atoms with Crippen LogP contribution in [0.25, 0.3) is 89.5 Å². The number of fused-ring (bicyclic) bond motifs is 8. The number of hydrogen-bond donors (Lipinski definition) is 0. The maximum absolute atomic E-state index is 9.76. The van der Waals surface area contributed by atoms with E-state index in [-0.39, 0.29) is 5.41 Å². The van der Waals surface area contributed by atoms with Crippen molar-refractivity contribution in [3.05, 3.63) is 174 Å². The highest BCUT2D eigenvalue weighted by atomic mass is 16.3. The zero-order valence-electron chi connectivity index (χ0n) is 31.2. The van der Waals surface area contributed by atoms with Crippen LogP contribution in [0.4, 0.5) is 0 Å². The van der Waals surface area contributed by atoms with Crippen molar-refractivity contribution in [3.8, 4) is 73.6 Å². The minimum absolute atomic E-state index is 0.0205. The lowest BCUT2D eigenvalue weighted by Crippen LogP contribution is -2.28. The smallest absolute Gasteiger partial charge is 0.164 e. The van der Waals surface area contributed by atoms with E-state index in [0.29, 0.717) is 17.5 Å². The van der Waals surface area contributed by atoms with E-state index in [1.165, 1.54) is 52.6 Å². The molecular weight excluding hydrogens is 697 g/mol. The summed E-state index contributed by atoms with van der Waals surface area (Å²) in [7, 11) is 0. The van der Waals surface area contributed by atoms with Crippen LogP contribution >= 0.6 is 0 Å². The Balaban J connectivity index is 0.961. The average Bonchev–Trinajstić information content (AvgIpc) is 3.79. The molecule has 0 amide bonds. The van der Waals surface area contributed by atoms with Crippen molar-refractivity contribution >= 4 is 21.9 Å². The minimum Gasteiger partial charge on any atom is -0.456 e. The Kier molecular flexibility index (Phi) is 7.72. The second-order valence-corrected chi connectivity index (χ2v) is 15.4. The second kappa shape index (κ2) is 13.3. The maximum atomic E-state index is 9.76. The van der Waals surface area contributed by atoms with Gasteiger partial charge in [0.25, 0.3) is 0 Å². The number of nitrogens with zero attached hydrogens (tertiary/aromatic N) is 4. The topological polar surface area (TPSA) is 75.6 Å². The lowest BCUT2D eigenvalue weighted by molar-refractivity contribution is 0.353. The molecule has 0 aliphatic heterocycles. The summed E-state index contributed by atoms with van der Waals surface area (Å²) >= 11 is 0. The molecule has 2 aliphatic rings. The number of nitriles is 1. The molecule has 57 heavy (non-hydrogen) atoms. The van der Waals surface area contributed by atoms with Crippen molar-refractivity contribution < 1.29 is 4.42 Å². The monoisotopic (exact) mass is 732 g/mol. The van der Waals surface area contributed by atoms with E-state index in [4.69, 9.17) is 19.4 Å². The summed E-state index contributed by atoms with van der Waals surface area (Å²) in [5.74, 6) is 1.84. The molecular formula is C52H36N4O. The summed E-state index contributed by atoms with van der Waals surface area (Å²) in [4.78, 5) is 15.1. The van der Waals surface area contributed by atoms with Crippen LogP contribution in [0.2, 0.25) is 0 Å². The normalized spacial score (nSPS) is 14.1. The van der Waals surface area contributed by atoms with Gasteiger partial charge in [-0.1, -0.05) is 141 Å². The molecule has 2 aliphatic carbocycles. The fraction of sp³-hybridized carbons (Fsp3) is 0.115. The molecule has 270 valence electrons. The zero-order valence-corrected chi connectivity index (χ0v) is 31.2. The van der Waals surface area contributed by atoms with Crippen LogP contribution in [-0.4, -0.2) is 15.0 Å². The SMILES string of the molecule is N#Cc1ccc2c(c1)C1(CCCCC1)c1cc(-c3cccc(-c4ccc(-c5nc(-c6ccccc6)nc(-c6cccc7oc8ccccc8c67)n5)cc4)c3)ccc1-2. The van der Waals surface area contributed by atoms with Crippen molar-refractivity contribution in [2.75, 3.05) is 0 Å². The quantitative estimate of drug-likeness (QED) is 0.176. The molecule has 0 N–H and O–H groups in total. The average molecular weight is 733 g/mol. The Morgan fingerprint density at radius 1 is 0.456 bits per heavy atom. The third kappa shape index (κ3) is 5.48. The van der Waals surface area contributed by atoms with Crippen LogP contribution in [-0.2, 0) is 5.41 Å². The molecule has 1 spiro atoms. The summed E-state index contributed by atoms with van der Waals surface area (Å²) in [5.41, 5.74) is 15.2. The van der Waals surface area contributed by atoms with Gasteiger partial charge in [0.1, 0.15) is 11.2 Å². The molecule has 0 radical (unpaired) electrons. The third-order valence-electron chi connectivity index (χ3n) is 12.2. The molecule has 0 saturated heterocycles. The molecule has 2 heterocycles. The van der Waals surface area contributed by atoms with Crippen LogP contribution in [0.5, 0.6) is 0 Å². The van der Waals surface area contributed by atoms with Gasteiger partial charge in [0.2, 0.25) is 0 Å². The number of benzene rings is 7. The van der Waals surface area contributed by atoms with Gasteiger partial charge >= 0.3 is 0 Å². The van der Waals surface area contributed by atoms with E-state index >= 15 is 0 Å². The van der Waals surface area contributed by atoms with Crippen LogP contribution in [0, 0.1) is 11.3 Å². The van der Waals surface area contributed by atoms with Crippen molar-refractivity contribution in [3.63, 3.8) is 0 Å². The van der Waals surface area contributed by atoms with Gasteiger partial charge in [-0.25, -0.2) is 15.0 Å². The summed E-state index contributed by atoms with van der Waals surface area (Å²) in [6.45, 7) is 0. The summed E-state index contributed by atoms with van der Waals surface area (Å²) in [6, 6.07) is 57.3. The Morgan fingerprint density at radius 3 is 1.82 bits per heavy atom. The van der Waals surface area contributed by atoms with Crippen molar-refractivity contribution in [2.45, 2.75) is 37.5 Å². The van der Waals surface area contributed by atoms with Gasteiger partial charge < -0.3 is 4.42 Å². The number of aromatic nitrogens is 3. The van der Waals surface area contributed by atoms with E-state index in [1.807, 2.05) is 66.7 Å². The number of furan rings is 1. The molecule has 9 aromatic rings. The first-order valence-corrected chi connectivity index (χ1v) is 19.8. The zero-order chi connectivity index (χ0) is 37.9. The van der Waals surface area contributed by atoms with Crippen molar-refractivity contribution in [1.29, 1.82) is 5.26 Å². The highest BCUT2D eigenvalue weighted by molar-refractivity contribution is 6.11. The Hall–Kier alpha value is -7.16. The van der Waals surface area contributed by atoms with Crippen molar-refractivity contribution in [1.82, 2.24) is 15.0 Å². The van der Waals surface area contributed by atoms with Crippen molar-refractivity contribution in [2.24, 2.45) is 0 Å². The Morgan fingerprint density at radius 2 is 1.04 bits per heavy atom. The van der Waals surface area contributed by atoms with Gasteiger partial charge in [0, 0.05) is 32.9 Å². The van der Waals surface area contributed by atoms with Crippen LogP contribution < -0.4 is 0 Å². The largest absolute Gasteiger partial charge is 0.456 e. The van der Waals surface area contributed by atoms with Gasteiger partial charge in [-0.3, -0.25) is 0 Å². The first-order valence-electron chi connectivity index (χ1n) is 19.8.